The summed E-state index contributed by atoms with van der Waals surface area (Å²) in [6, 6.07) is 11.8. The molecule has 3 aliphatic rings. The third-order valence-corrected chi connectivity index (χ3v) is 8.76. The van der Waals surface area contributed by atoms with Gasteiger partial charge in [0.15, 0.2) is 0 Å². The van der Waals surface area contributed by atoms with Crippen LogP contribution >= 0.6 is 0 Å². The number of nitrogens with zero attached hydrogens (tertiary/aromatic N) is 5. The van der Waals surface area contributed by atoms with Gasteiger partial charge in [0.2, 0.25) is 5.91 Å². The number of aromatic nitrogens is 2. The van der Waals surface area contributed by atoms with E-state index in [1.807, 2.05) is 17.9 Å². The molecule has 3 aromatic rings. The SMILES string of the molecule is Cc1cc(F)ccc1Cc1cc2c(nn1)C(C)(C)CN2C(=O)CN1C[C@@H](C)NC[C@@H]1CN1Cc2ccc(O)cc2C1=O. The monoisotopic (exact) mass is 572 g/mol. The number of phenolic OH excluding ortho intramolecular Hbond substituents is 1. The molecule has 3 aliphatic heterocycles. The minimum Gasteiger partial charge on any atom is -0.508 e. The summed E-state index contributed by atoms with van der Waals surface area (Å²) in [4.78, 5) is 32.9. The van der Waals surface area contributed by atoms with Crippen molar-refractivity contribution in [2.75, 3.05) is 37.6 Å². The number of anilines is 1. The molecule has 220 valence electrons. The average Bonchev–Trinajstić information content (AvgIpc) is 3.39. The minimum absolute atomic E-state index is 0.0150. The molecule has 4 heterocycles. The highest BCUT2D eigenvalue weighted by atomic mass is 19.1. The molecule has 42 heavy (non-hydrogen) atoms. The van der Waals surface area contributed by atoms with E-state index in [1.54, 1.807) is 23.1 Å². The second-order valence-electron chi connectivity index (χ2n) is 12.6. The van der Waals surface area contributed by atoms with Gasteiger partial charge in [-0.15, -0.1) is 0 Å². The molecule has 2 atom stereocenters. The summed E-state index contributed by atoms with van der Waals surface area (Å²) < 4.78 is 13.6. The fourth-order valence-electron chi connectivity index (χ4n) is 6.44. The predicted octanol–water partition coefficient (Wildman–Crippen LogP) is 3.16. The molecule has 0 radical (unpaired) electrons. The van der Waals surface area contributed by atoms with Gasteiger partial charge in [-0.25, -0.2) is 4.39 Å². The Morgan fingerprint density at radius 1 is 1.17 bits per heavy atom. The van der Waals surface area contributed by atoms with Crippen LogP contribution in [-0.4, -0.2) is 81.7 Å². The van der Waals surface area contributed by atoms with Crippen LogP contribution in [0.2, 0.25) is 0 Å². The van der Waals surface area contributed by atoms with Gasteiger partial charge in [0, 0.05) is 62.2 Å². The molecule has 2 amide bonds. The van der Waals surface area contributed by atoms with Gasteiger partial charge in [0.1, 0.15) is 11.6 Å². The van der Waals surface area contributed by atoms with E-state index in [4.69, 9.17) is 0 Å². The molecule has 0 bridgehead atoms. The van der Waals surface area contributed by atoms with Crippen molar-refractivity contribution >= 4 is 17.5 Å². The summed E-state index contributed by atoms with van der Waals surface area (Å²) in [6.07, 6.45) is 0.496. The van der Waals surface area contributed by atoms with E-state index < -0.39 is 0 Å². The van der Waals surface area contributed by atoms with E-state index in [2.05, 4.69) is 41.2 Å². The fourth-order valence-corrected chi connectivity index (χ4v) is 6.44. The Hall–Kier alpha value is -3.89. The van der Waals surface area contributed by atoms with Gasteiger partial charge in [0.05, 0.1) is 23.6 Å². The predicted molar refractivity (Wildman–Crippen MR) is 157 cm³/mol. The number of phenols is 1. The highest BCUT2D eigenvalue weighted by Crippen LogP contribution is 2.39. The van der Waals surface area contributed by atoms with E-state index in [0.717, 1.165) is 33.8 Å². The molecule has 0 unspecified atom stereocenters. The van der Waals surface area contributed by atoms with Crippen molar-refractivity contribution in [3.8, 4) is 5.75 Å². The van der Waals surface area contributed by atoms with Crippen molar-refractivity contribution in [3.05, 3.63) is 81.9 Å². The maximum absolute atomic E-state index is 14.0. The van der Waals surface area contributed by atoms with Gasteiger partial charge in [-0.3, -0.25) is 14.5 Å². The summed E-state index contributed by atoms with van der Waals surface area (Å²) in [6.45, 7) is 11.2. The summed E-state index contributed by atoms with van der Waals surface area (Å²) in [5.74, 6) is -0.297. The number of amides is 2. The topological polar surface area (TPSA) is 102 Å². The maximum Gasteiger partial charge on any atom is 0.254 e. The molecule has 1 fully saturated rings. The van der Waals surface area contributed by atoms with E-state index in [9.17, 15) is 19.1 Å². The zero-order valence-electron chi connectivity index (χ0n) is 24.5. The van der Waals surface area contributed by atoms with Gasteiger partial charge in [-0.05, 0) is 60.9 Å². The van der Waals surface area contributed by atoms with Crippen LogP contribution in [0.5, 0.6) is 5.75 Å². The van der Waals surface area contributed by atoms with E-state index in [1.165, 1.54) is 18.2 Å². The molecule has 6 rings (SSSR count). The zero-order chi connectivity index (χ0) is 29.8. The van der Waals surface area contributed by atoms with Crippen molar-refractivity contribution in [2.24, 2.45) is 0 Å². The number of rotatable bonds is 6. The number of carbonyl (C=O) groups is 2. The zero-order valence-corrected chi connectivity index (χ0v) is 24.5. The summed E-state index contributed by atoms with van der Waals surface area (Å²) in [5.41, 5.74) is 5.21. The Morgan fingerprint density at radius 2 is 1.98 bits per heavy atom. The fraction of sp³-hybridized carbons (Fsp3) is 0.438. The summed E-state index contributed by atoms with van der Waals surface area (Å²) >= 11 is 0. The van der Waals surface area contributed by atoms with Gasteiger partial charge in [-0.2, -0.15) is 10.2 Å². The highest BCUT2D eigenvalue weighted by Gasteiger charge is 2.42. The minimum atomic E-state index is -0.349. The lowest BCUT2D eigenvalue weighted by molar-refractivity contribution is -0.120. The second-order valence-corrected chi connectivity index (χ2v) is 12.6. The second kappa shape index (κ2) is 10.7. The molecule has 0 saturated carbocycles. The largest absolute Gasteiger partial charge is 0.508 e. The normalized spacial score (nSPS) is 21.5. The molecule has 2 N–H and O–H groups in total. The van der Waals surface area contributed by atoms with Gasteiger partial charge in [-0.1, -0.05) is 26.0 Å². The third-order valence-electron chi connectivity index (χ3n) is 8.76. The number of hydrogen-bond donors (Lipinski definition) is 2. The number of benzene rings is 2. The van der Waals surface area contributed by atoms with Crippen LogP contribution in [0.1, 0.15) is 59.2 Å². The first kappa shape index (κ1) is 28.2. The number of fused-ring (bicyclic) bond motifs is 2. The average molecular weight is 573 g/mol. The van der Waals surface area contributed by atoms with Crippen molar-refractivity contribution < 1.29 is 19.1 Å². The highest BCUT2D eigenvalue weighted by molar-refractivity contribution is 5.99. The maximum atomic E-state index is 14.0. The first-order chi connectivity index (χ1) is 20.0. The van der Waals surface area contributed by atoms with Crippen LogP contribution in [-0.2, 0) is 23.2 Å². The smallest absolute Gasteiger partial charge is 0.254 e. The Morgan fingerprint density at radius 3 is 2.76 bits per heavy atom. The molecule has 0 spiro atoms. The summed E-state index contributed by atoms with van der Waals surface area (Å²) in [7, 11) is 0. The lowest BCUT2D eigenvalue weighted by Gasteiger charge is -2.41. The van der Waals surface area contributed by atoms with Crippen molar-refractivity contribution in [1.82, 2.24) is 25.3 Å². The number of hydrogen-bond acceptors (Lipinski definition) is 7. The summed E-state index contributed by atoms with van der Waals surface area (Å²) in [5, 5.41) is 22.4. The van der Waals surface area contributed by atoms with Crippen LogP contribution in [0.4, 0.5) is 10.1 Å². The van der Waals surface area contributed by atoms with Crippen molar-refractivity contribution in [3.63, 3.8) is 0 Å². The molecule has 2 aromatic carbocycles. The molecular formula is C32H37FN6O3. The molecule has 10 heteroatoms. The number of aromatic hydroxyl groups is 1. The van der Waals surface area contributed by atoms with Crippen LogP contribution in [0.15, 0.2) is 42.5 Å². The molecule has 0 aliphatic carbocycles. The van der Waals surface area contributed by atoms with Gasteiger partial charge in [0.25, 0.3) is 5.91 Å². The first-order valence-electron chi connectivity index (χ1n) is 14.5. The molecule has 9 nitrogen and oxygen atoms in total. The van der Waals surface area contributed by atoms with E-state index >= 15 is 0 Å². The Bertz CT molecular complexity index is 1560. The Kier molecular flexibility index (Phi) is 7.22. The Labute approximate surface area is 245 Å². The Balaban J connectivity index is 1.20. The quantitative estimate of drug-likeness (QED) is 0.468. The molecular weight excluding hydrogens is 535 g/mol. The third kappa shape index (κ3) is 5.36. The van der Waals surface area contributed by atoms with Gasteiger partial charge < -0.3 is 20.2 Å². The first-order valence-corrected chi connectivity index (χ1v) is 14.5. The van der Waals surface area contributed by atoms with Crippen LogP contribution in [0.25, 0.3) is 0 Å². The number of aryl methyl sites for hydroxylation is 1. The van der Waals surface area contributed by atoms with Gasteiger partial charge >= 0.3 is 0 Å². The van der Waals surface area contributed by atoms with Crippen LogP contribution in [0.3, 0.4) is 0 Å². The van der Waals surface area contributed by atoms with Crippen molar-refractivity contribution in [2.45, 2.75) is 58.2 Å². The number of halogens is 1. The lowest BCUT2D eigenvalue weighted by Crippen LogP contribution is -2.60. The molecule has 1 saturated heterocycles. The van der Waals surface area contributed by atoms with E-state index in [0.29, 0.717) is 44.7 Å². The van der Waals surface area contributed by atoms with Crippen LogP contribution in [0, 0.1) is 12.7 Å². The number of piperazine rings is 1. The standard InChI is InChI=1S/C32H37FN6O3/c1-19-9-23(33)7-5-21(19)10-24-11-28-30(36-35-24)32(3,4)18-39(28)29(41)17-37-14-20(2)34-13-25(37)16-38-15-22-6-8-26(40)12-27(22)31(38)42/h5-9,11-12,20,25,34,40H,10,13-18H2,1-4H3/t20-,25-/m1/s1. The lowest BCUT2D eigenvalue weighted by atomic mass is 9.91. The van der Waals surface area contributed by atoms with E-state index in [-0.39, 0.29) is 47.4 Å². The number of nitrogens with one attached hydrogen (secondary N) is 1. The number of carbonyl (C=O) groups excluding carboxylic acids is 2. The molecule has 1 aromatic heterocycles. The van der Waals surface area contributed by atoms with Crippen LogP contribution < -0.4 is 10.2 Å². The van der Waals surface area contributed by atoms with Crippen molar-refractivity contribution in [1.29, 1.82) is 0 Å².